The third kappa shape index (κ3) is 3.52. The molecule has 2 rings (SSSR count). The Morgan fingerprint density at radius 3 is 3.00 bits per heavy atom. The molecule has 1 heterocycles. The molecule has 1 saturated carbocycles. The minimum atomic E-state index is -0.0824. The number of rotatable bonds is 6. The van der Waals surface area contributed by atoms with E-state index in [-0.39, 0.29) is 11.8 Å². The van der Waals surface area contributed by atoms with E-state index >= 15 is 0 Å². The van der Waals surface area contributed by atoms with Crippen molar-refractivity contribution in [3.63, 3.8) is 0 Å². The van der Waals surface area contributed by atoms with Gasteiger partial charge in [-0.05, 0) is 35.2 Å². The predicted molar refractivity (Wildman–Crippen MR) is 69.2 cm³/mol. The SMILES string of the molecule is CC(CN(Cc1ccsc1)C1CC1)C(=O)NN. The number of carbonyl (C=O) groups is 1. The van der Waals surface area contributed by atoms with E-state index in [0.717, 1.165) is 13.1 Å². The molecular weight excluding hydrogens is 234 g/mol. The zero-order valence-corrected chi connectivity index (χ0v) is 10.9. The molecular formula is C12H19N3OS. The van der Waals surface area contributed by atoms with Gasteiger partial charge in [-0.25, -0.2) is 5.84 Å². The molecule has 1 atom stereocenters. The summed E-state index contributed by atoms with van der Waals surface area (Å²) in [5.41, 5.74) is 3.56. The van der Waals surface area contributed by atoms with Crippen LogP contribution in [-0.2, 0) is 11.3 Å². The van der Waals surface area contributed by atoms with E-state index in [0.29, 0.717) is 6.04 Å². The van der Waals surface area contributed by atoms with Gasteiger partial charge in [-0.15, -0.1) is 0 Å². The van der Waals surface area contributed by atoms with Crippen molar-refractivity contribution in [2.24, 2.45) is 11.8 Å². The number of nitrogens with two attached hydrogens (primary N) is 1. The van der Waals surface area contributed by atoms with Crippen molar-refractivity contribution >= 4 is 17.2 Å². The van der Waals surface area contributed by atoms with Crippen molar-refractivity contribution in [2.45, 2.75) is 32.4 Å². The van der Waals surface area contributed by atoms with Crippen molar-refractivity contribution in [3.05, 3.63) is 22.4 Å². The summed E-state index contributed by atoms with van der Waals surface area (Å²) in [5, 5.41) is 4.26. The summed E-state index contributed by atoms with van der Waals surface area (Å²) in [5.74, 6) is 5.02. The van der Waals surface area contributed by atoms with Gasteiger partial charge in [-0.1, -0.05) is 6.92 Å². The van der Waals surface area contributed by atoms with Gasteiger partial charge in [-0.3, -0.25) is 15.1 Å². The summed E-state index contributed by atoms with van der Waals surface area (Å²) >= 11 is 1.72. The highest BCUT2D eigenvalue weighted by atomic mass is 32.1. The first-order chi connectivity index (χ1) is 8.20. The Bertz CT molecular complexity index is 362. The Morgan fingerprint density at radius 2 is 2.47 bits per heavy atom. The Kier molecular flexibility index (Phi) is 4.15. The largest absolute Gasteiger partial charge is 0.295 e. The van der Waals surface area contributed by atoms with E-state index in [1.807, 2.05) is 6.92 Å². The van der Waals surface area contributed by atoms with Crippen LogP contribution in [0, 0.1) is 5.92 Å². The minimum Gasteiger partial charge on any atom is -0.295 e. The number of hydrazine groups is 1. The lowest BCUT2D eigenvalue weighted by Gasteiger charge is -2.24. The molecule has 0 bridgehead atoms. The lowest BCUT2D eigenvalue weighted by molar-refractivity contribution is -0.125. The first kappa shape index (κ1) is 12.5. The van der Waals surface area contributed by atoms with Crippen LogP contribution >= 0.6 is 11.3 Å². The van der Waals surface area contributed by atoms with Crippen molar-refractivity contribution in [3.8, 4) is 0 Å². The maximum atomic E-state index is 11.4. The van der Waals surface area contributed by atoms with E-state index in [2.05, 4.69) is 27.2 Å². The van der Waals surface area contributed by atoms with Gasteiger partial charge in [0.2, 0.25) is 5.91 Å². The average molecular weight is 253 g/mol. The molecule has 1 aromatic heterocycles. The van der Waals surface area contributed by atoms with E-state index in [9.17, 15) is 4.79 Å². The fraction of sp³-hybridized carbons (Fsp3) is 0.583. The number of carbonyl (C=O) groups excluding carboxylic acids is 1. The van der Waals surface area contributed by atoms with Crippen molar-refractivity contribution < 1.29 is 4.79 Å². The minimum absolute atomic E-state index is 0.0563. The van der Waals surface area contributed by atoms with E-state index < -0.39 is 0 Å². The average Bonchev–Trinajstić information content (AvgIpc) is 3.06. The maximum absolute atomic E-state index is 11.4. The monoisotopic (exact) mass is 253 g/mol. The molecule has 0 spiro atoms. The van der Waals surface area contributed by atoms with Crippen molar-refractivity contribution in [2.75, 3.05) is 6.54 Å². The molecule has 94 valence electrons. The molecule has 0 aliphatic heterocycles. The molecule has 1 aliphatic rings. The van der Waals surface area contributed by atoms with Crippen molar-refractivity contribution in [1.29, 1.82) is 0 Å². The number of hydrogen-bond donors (Lipinski definition) is 2. The molecule has 0 aromatic carbocycles. The number of nitrogens with one attached hydrogen (secondary N) is 1. The van der Waals surface area contributed by atoms with Crippen LogP contribution < -0.4 is 11.3 Å². The smallest absolute Gasteiger partial charge is 0.237 e. The zero-order valence-electron chi connectivity index (χ0n) is 10.1. The van der Waals surface area contributed by atoms with Gasteiger partial charge in [0, 0.05) is 25.0 Å². The lowest BCUT2D eigenvalue weighted by Crippen LogP contribution is -2.41. The summed E-state index contributed by atoms with van der Waals surface area (Å²) in [4.78, 5) is 13.8. The Hall–Kier alpha value is -0.910. The van der Waals surface area contributed by atoms with Crippen molar-refractivity contribution in [1.82, 2.24) is 10.3 Å². The third-order valence-electron chi connectivity index (χ3n) is 3.13. The van der Waals surface area contributed by atoms with E-state index in [1.54, 1.807) is 11.3 Å². The van der Waals surface area contributed by atoms with Gasteiger partial charge in [0.1, 0.15) is 0 Å². The van der Waals surface area contributed by atoms with E-state index in [4.69, 9.17) is 5.84 Å². The molecule has 1 fully saturated rings. The van der Waals surface area contributed by atoms with Gasteiger partial charge in [-0.2, -0.15) is 11.3 Å². The van der Waals surface area contributed by atoms with Crippen LogP contribution in [0.3, 0.4) is 0 Å². The van der Waals surface area contributed by atoms with Gasteiger partial charge < -0.3 is 0 Å². The highest BCUT2D eigenvalue weighted by Gasteiger charge is 2.30. The predicted octanol–water partition coefficient (Wildman–Crippen LogP) is 1.34. The van der Waals surface area contributed by atoms with Crippen LogP contribution in [0.15, 0.2) is 16.8 Å². The fourth-order valence-electron chi connectivity index (χ4n) is 1.98. The third-order valence-corrected chi connectivity index (χ3v) is 3.86. The maximum Gasteiger partial charge on any atom is 0.237 e. The Labute approximate surface area is 106 Å². The highest BCUT2D eigenvalue weighted by Crippen LogP contribution is 2.29. The molecule has 4 nitrogen and oxygen atoms in total. The molecule has 1 aliphatic carbocycles. The first-order valence-corrected chi connectivity index (χ1v) is 6.90. The number of nitrogens with zero attached hydrogens (tertiary/aromatic N) is 1. The Morgan fingerprint density at radius 1 is 1.71 bits per heavy atom. The van der Waals surface area contributed by atoms with Crippen LogP contribution in [-0.4, -0.2) is 23.4 Å². The second-order valence-corrected chi connectivity index (χ2v) is 5.48. The van der Waals surface area contributed by atoms with Crippen LogP contribution in [0.25, 0.3) is 0 Å². The second kappa shape index (κ2) is 5.62. The van der Waals surface area contributed by atoms with Crippen LogP contribution in [0.5, 0.6) is 0 Å². The molecule has 1 unspecified atom stereocenters. The molecule has 0 radical (unpaired) electrons. The number of thiophene rings is 1. The zero-order chi connectivity index (χ0) is 12.3. The van der Waals surface area contributed by atoms with Gasteiger partial charge >= 0.3 is 0 Å². The second-order valence-electron chi connectivity index (χ2n) is 4.70. The quantitative estimate of drug-likeness (QED) is 0.457. The van der Waals surface area contributed by atoms with Crippen LogP contribution in [0.4, 0.5) is 0 Å². The van der Waals surface area contributed by atoms with Gasteiger partial charge in [0.15, 0.2) is 0 Å². The lowest BCUT2D eigenvalue weighted by atomic mass is 10.1. The molecule has 17 heavy (non-hydrogen) atoms. The normalized spacial score (nSPS) is 17.1. The summed E-state index contributed by atoms with van der Waals surface area (Å²) in [6.07, 6.45) is 2.50. The topological polar surface area (TPSA) is 58.4 Å². The Balaban J connectivity index is 1.91. The van der Waals surface area contributed by atoms with E-state index in [1.165, 1.54) is 18.4 Å². The fourth-order valence-corrected chi connectivity index (χ4v) is 2.64. The van der Waals surface area contributed by atoms with Gasteiger partial charge in [0.05, 0.1) is 0 Å². The molecule has 1 amide bonds. The van der Waals surface area contributed by atoms with Gasteiger partial charge in [0.25, 0.3) is 0 Å². The number of amides is 1. The molecule has 3 N–H and O–H groups in total. The highest BCUT2D eigenvalue weighted by molar-refractivity contribution is 7.07. The molecule has 0 saturated heterocycles. The van der Waals surface area contributed by atoms with Crippen LogP contribution in [0.1, 0.15) is 25.3 Å². The summed E-state index contributed by atoms with van der Waals surface area (Å²) < 4.78 is 0. The molecule has 5 heteroatoms. The summed E-state index contributed by atoms with van der Waals surface area (Å²) in [7, 11) is 0. The molecule has 1 aromatic rings. The number of hydrogen-bond acceptors (Lipinski definition) is 4. The standard InChI is InChI=1S/C12H19N3OS/c1-9(12(16)14-13)6-15(11-2-3-11)7-10-4-5-17-8-10/h4-5,8-9,11H,2-3,6-7,13H2,1H3,(H,14,16). The van der Waals surface area contributed by atoms with Crippen LogP contribution in [0.2, 0.25) is 0 Å². The first-order valence-electron chi connectivity index (χ1n) is 5.96. The summed E-state index contributed by atoms with van der Waals surface area (Å²) in [6, 6.07) is 2.80. The summed E-state index contributed by atoms with van der Waals surface area (Å²) in [6.45, 7) is 3.64.